The van der Waals surface area contributed by atoms with Crippen molar-refractivity contribution in [2.45, 2.75) is 13.5 Å². The van der Waals surface area contributed by atoms with Gasteiger partial charge >= 0.3 is 0 Å². The van der Waals surface area contributed by atoms with Gasteiger partial charge in [-0.25, -0.2) is 17.1 Å². The largest absolute Gasteiger partial charge is 0.214 e. The Balaban J connectivity index is 2.69. The zero-order valence-electron chi connectivity index (χ0n) is 10.4. The van der Waals surface area contributed by atoms with Crippen molar-refractivity contribution in [3.05, 3.63) is 35.6 Å². The SMILES string of the molecule is CC(CCl)CS(=O)(=O)N(C)Cc1ccc(F)cc1. The molecule has 1 unspecified atom stereocenters. The van der Waals surface area contributed by atoms with E-state index in [1.165, 1.54) is 23.5 Å². The van der Waals surface area contributed by atoms with Crippen LogP contribution in [0.5, 0.6) is 0 Å². The Labute approximate surface area is 113 Å². The predicted octanol–water partition coefficient (Wildman–Crippen LogP) is 2.46. The molecule has 0 N–H and O–H groups in total. The van der Waals surface area contributed by atoms with E-state index in [9.17, 15) is 12.8 Å². The number of hydrogen-bond acceptors (Lipinski definition) is 2. The van der Waals surface area contributed by atoms with Crippen LogP contribution in [0.15, 0.2) is 24.3 Å². The van der Waals surface area contributed by atoms with E-state index in [2.05, 4.69) is 0 Å². The number of hydrogen-bond donors (Lipinski definition) is 0. The molecule has 0 aliphatic rings. The van der Waals surface area contributed by atoms with Crippen molar-refractivity contribution >= 4 is 21.6 Å². The highest BCUT2D eigenvalue weighted by Gasteiger charge is 2.20. The van der Waals surface area contributed by atoms with Crippen LogP contribution in [0, 0.1) is 11.7 Å². The van der Waals surface area contributed by atoms with E-state index < -0.39 is 10.0 Å². The Bertz CT molecular complexity index is 475. The summed E-state index contributed by atoms with van der Waals surface area (Å²) in [6.07, 6.45) is 0. The van der Waals surface area contributed by atoms with E-state index in [1.54, 1.807) is 19.1 Å². The third-order valence-electron chi connectivity index (χ3n) is 2.55. The number of sulfonamides is 1. The zero-order chi connectivity index (χ0) is 13.8. The number of rotatable bonds is 6. The smallest absolute Gasteiger partial charge is 0.212 e. The molecule has 0 bridgehead atoms. The molecule has 0 fully saturated rings. The monoisotopic (exact) mass is 293 g/mol. The molecular formula is C12H17ClFNO2S. The zero-order valence-corrected chi connectivity index (χ0v) is 12.0. The highest BCUT2D eigenvalue weighted by molar-refractivity contribution is 7.89. The second kappa shape index (κ2) is 6.50. The van der Waals surface area contributed by atoms with E-state index in [0.717, 1.165) is 5.56 Å². The fraction of sp³-hybridized carbons (Fsp3) is 0.500. The van der Waals surface area contributed by atoms with E-state index in [1.807, 2.05) is 0 Å². The molecule has 0 heterocycles. The molecule has 0 aliphatic carbocycles. The minimum absolute atomic E-state index is 0.0220. The number of benzene rings is 1. The predicted molar refractivity (Wildman–Crippen MR) is 71.5 cm³/mol. The van der Waals surface area contributed by atoms with Crippen LogP contribution in [-0.2, 0) is 16.6 Å². The van der Waals surface area contributed by atoms with E-state index in [0.29, 0.717) is 5.88 Å². The Morgan fingerprint density at radius 1 is 1.33 bits per heavy atom. The molecule has 0 saturated carbocycles. The van der Waals surface area contributed by atoms with Crippen LogP contribution in [0.1, 0.15) is 12.5 Å². The summed E-state index contributed by atoms with van der Waals surface area (Å²) in [5, 5.41) is 0. The standard InChI is InChI=1S/C12H17ClFNO2S/c1-10(7-13)9-18(16,17)15(2)8-11-3-5-12(14)6-4-11/h3-6,10H,7-9H2,1-2H3. The Morgan fingerprint density at radius 3 is 2.39 bits per heavy atom. The van der Waals surface area contributed by atoms with Gasteiger partial charge in [0.1, 0.15) is 5.82 Å². The molecular weight excluding hydrogens is 277 g/mol. The van der Waals surface area contributed by atoms with Crippen LogP contribution >= 0.6 is 11.6 Å². The maximum Gasteiger partial charge on any atom is 0.214 e. The maximum absolute atomic E-state index is 12.7. The Kier molecular flexibility index (Phi) is 5.56. The number of halogens is 2. The molecule has 0 aliphatic heterocycles. The molecule has 1 rings (SSSR count). The number of alkyl halides is 1. The third kappa shape index (κ3) is 4.55. The van der Waals surface area contributed by atoms with Gasteiger partial charge in [-0.05, 0) is 23.6 Å². The lowest BCUT2D eigenvalue weighted by Crippen LogP contribution is -2.31. The summed E-state index contributed by atoms with van der Waals surface area (Å²) in [6.45, 7) is 2.02. The molecule has 6 heteroatoms. The van der Waals surface area contributed by atoms with Crippen LogP contribution < -0.4 is 0 Å². The van der Waals surface area contributed by atoms with E-state index in [4.69, 9.17) is 11.6 Å². The van der Waals surface area contributed by atoms with Crippen LogP contribution in [0.4, 0.5) is 4.39 Å². The van der Waals surface area contributed by atoms with Gasteiger partial charge in [0.15, 0.2) is 0 Å². The van der Waals surface area contributed by atoms with Gasteiger partial charge in [-0.15, -0.1) is 11.6 Å². The van der Waals surface area contributed by atoms with Crippen molar-refractivity contribution in [2.24, 2.45) is 5.92 Å². The third-order valence-corrected chi connectivity index (χ3v) is 5.15. The molecule has 1 aromatic carbocycles. The van der Waals surface area contributed by atoms with E-state index in [-0.39, 0.29) is 24.0 Å². The summed E-state index contributed by atoms with van der Waals surface area (Å²) in [4.78, 5) is 0. The van der Waals surface area contributed by atoms with Crippen LogP contribution in [0.25, 0.3) is 0 Å². The summed E-state index contributed by atoms with van der Waals surface area (Å²) in [5.41, 5.74) is 0.751. The second-order valence-electron chi connectivity index (χ2n) is 4.42. The van der Waals surface area contributed by atoms with Crippen LogP contribution in [0.3, 0.4) is 0 Å². The lowest BCUT2D eigenvalue weighted by Gasteiger charge is -2.19. The fourth-order valence-electron chi connectivity index (χ4n) is 1.48. The van der Waals surface area contributed by atoms with Gasteiger partial charge in [0, 0.05) is 19.5 Å². The van der Waals surface area contributed by atoms with Gasteiger partial charge in [-0.2, -0.15) is 0 Å². The van der Waals surface area contributed by atoms with Gasteiger partial charge in [-0.1, -0.05) is 19.1 Å². The topological polar surface area (TPSA) is 37.4 Å². The van der Waals surface area contributed by atoms with E-state index >= 15 is 0 Å². The van der Waals surface area contributed by atoms with Gasteiger partial charge < -0.3 is 0 Å². The molecule has 0 spiro atoms. The first-order valence-corrected chi connectivity index (χ1v) is 7.74. The van der Waals surface area contributed by atoms with Crippen molar-refractivity contribution in [3.63, 3.8) is 0 Å². The molecule has 0 radical (unpaired) electrons. The highest BCUT2D eigenvalue weighted by Crippen LogP contribution is 2.12. The molecule has 1 atom stereocenters. The molecule has 3 nitrogen and oxygen atoms in total. The van der Waals surface area contributed by atoms with Gasteiger partial charge in [0.05, 0.1) is 5.75 Å². The summed E-state index contributed by atoms with van der Waals surface area (Å²) >= 11 is 5.62. The fourth-order valence-corrected chi connectivity index (χ4v) is 3.15. The molecule has 18 heavy (non-hydrogen) atoms. The quantitative estimate of drug-likeness (QED) is 0.756. The average molecular weight is 294 g/mol. The first kappa shape index (κ1) is 15.4. The molecule has 102 valence electrons. The summed E-state index contributed by atoms with van der Waals surface area (Å²) in [6, 6.07) is 5.78. The summed E-state index contributed by atoms with van der Waals surface area (Å²) in [7, 11) is -1.81. The molecule has 0 aromatic heterocycles. The van der Waals surface area contributed by atoms with Crippen molar-refractivity contribution < 1.29 is 12.8 Å². The highest BCUT2D eigenvalue weighted by atomic mass is 35.5. The normalized spacial score (nSPS) is 13.8. The minimum atomic E-state index is -3.32. The number of nitrogens with zero attached hydrogens (tertiary/aromatic N) is 1. The second-order valence-corrected chi connectivity index (χ2v) is 6.85. The van der Waals surface area contributed by atoms with Crippen LogP contribution in [0.2, 0.25) is 0 Å². The first-order valence-electron chi connectivity index (χ1n) is 5.59. The molecule has 0 saturated heterocycles. The van der Waals surface area contributed by atoms with Crippen molar-refractivity contribution in [3.8, 4) is 0 Å². The maximum atomic E-state index is 12.7. The van der Waals surface area contributed by atoms with Gasteiger partial charge in [0.2, 0.25) is 10.0 Å². The van der Waals surface area contributed by atoms with Gasteiger partial charge in [0.25, 0.3) is 0 Å². The van der Waals surface area contributed by atoms with Crippen molar-refractivity contribution in [1.29, 1.82) is 0 Å². The van der Waals surface area contributed by atoms with Crippen molar-refractivity contribution in [2.75, 3.05) is 18.7 Å². The molecule has 1 aromatic rings. The molecule has 0 amide bonds. The van der Waals surface area contributed by atoms with Crippen molar-refractivity contribution in [1.82, 2.24) is 4.31 Å². The lowest BCUT2D eigenvalue weighted by atomic mass is 10.2. The average Bonchev–Trinajstić information content (AvgIpc) is 2.31. The first-order chi connectivity index (χ1) is 8.35. The lowest BCUT2D eigenvalue weighted by molar-refractivity contribution is 0.460. The van der Waals surface area contributed by atoms with Crippen LogP contribution in [-0.4, -0.2) is 31.4 Å². The Morgan fingerprint density at radius 2 is 1.89 bits per heavy atom. The summed E-state index contributed by atoms with van der Waals surface area (Å²) in [5.74, 6) is -0.0926. The minimum Gasteiger partial charge on any atom is -0.212 e. The van der Waals surface area contributed by atoms with Gasteiger partial charge in [-0.3, -0.25) is 0 Å². The Hall–Kier alpha value is -0.650. The summed E-state index contributed by atoms with van der Waals surface area (Å²) < 4.78 is 37.9.